The number of carbonyl (C=O) groups excluding carboxylic acids is 1. The third-order valence-corrected chi connectivity index (χ3v) is 11.3. The summed E-state index contributed by atoms with van der Waals surface area (Å²) in [4.78, 5) is 12.9. The van der Waals surface area contributed by atoms with Gasteiger partial charge in [0.05, 0.1) is 25.4 Å². The molecule has 0 saturated carbocycles. The van der Waals surface area contributed by atoms with Crippen LogP contribution in [0.4, 0.5) is 0 Å². The van der Waals surface area contributed by atoms with Crippen molar-refractivity contribution < 1.29 is 39.8 Å². The number of allylic oxidation sites excluding steroid dienone is 9. The molecule has 1 aliphatic rings. The van der Waals surface area contributed by atoms with Crippen LogP contribution in [-0.2, 0) is 14.3 Å². The zero-order chi connectivity index (χ0) is 43.7. The van der Waals surface area contributed by atoms with E-state index < -0.39 is 49.5 Å². The summed E-state index contributed by atoms with van der Waals surface area (Å²) in [5.74, 6) is -0.260. The van der Waals surface area contributed by atoms with Gasteiger partial charge in [0, 0.05) is 6.42 Å². The fourth-order valence-electron chi connectivity index (χ4n) is 7.35. The molecule has 1 aliphatic heterocycles. The van der Waals surface area contributed by atoms with Crippen molar-refractivity contribution in [2.45, 2.75) is 243 Å². The Kier molecular flexibility index (Phi) is 38.1. The van der Waals surface area contributed by atoms with Gasteiger partial charge in [0.1, 0.15) is 24.4 Å². The van der Waals surface area contributed by atoms with E-state index in [2.05, 4.69) is 61.7 Å². The number of hydrogen-bond donors (Lipinski definition) is 6. The summed E-state index contributed by atoms with van der Waals surface area (Å²) in [6, 6.07) is -0.859. The van der Waals surface area contributed by atoms with Crippen molar-refractivity contribution in [1.29, 1.82) is 0 Å². The van der Waals surface area contributed by atoms with Crippen LogP contribution in [0.5, 0.6) is 0 Å². The number of aliphatic hydroxyl groups excluding tert-OH is 5. The number of rotatable bonds is 40. The van der Waals surface area contributed by atoms with Crippen molar-refractivity contribution in [3.63, 3.8) is 0 Å². The summed E-state index contributed by atoms with van der Waals surface area (Å²) >= 11 is 0. The van der Waals surface area contributed by atoms with Crippen molar-refractivity contribution in [3.05, 3.63) is 60.8 Å². The van der Waals surface area contributed by atoms with E-state index in [1.54, 1.807) is 6.08 Å². The maximum atomic E-state index is 12.9. The average Bonchev–Trinajstić information content (AvgIpc) is 3.25. The van der Waals surface area contributed by atoms with Crippen molar-refractivity contribution in [1.82, 2.24) is 5.32 Å². The Morgan fingerprint density at radius 3 is 1.50 bits per heavy atom. The predicted octanol–water partition coefficient (Wildman–Crippen LogP) is 10.8. The Labute approximate surface area is 366 Å². The Morgan fingerprint density at radius 1 is 0.567 bits per heavy atom. The molecule has 1 rings (SSSR count). The number of hydrogen-bond acceptors (Lipinski definition) is 8. The first kappa shape index (κ1) is 55.9. The standard InChI is InChI=1S/C51H91NO8/c1-3-5-7-9-11-13-15-17-18-19-20-21-22-23-24-25-26-27-29-30-32-34-36-38-40-45(54)44(43-59-51-50(58)49(57)48(56)46(42-53)60-51)52-47(55)41-39-37-35-33-31-28-16-14-12-10-8-6-4-2/h25-26,28,30-32,35,37-38,40,44-46,48-51,53-54,56-58H,3-24,27,29,33-34,36,39,41-43H2,1-2H3,(H,52,55)/b26-25+,31-28-,32-30+,37-35-,40-38+. The van der Waals surface area contributed by atoms with Crippen molar-refractivity contribution in [2.75, 3.05) is 13.2 Å². The van der Waals surface area contributed by atoms with Gasteiger partial charge in [-0.05, 0) is 64.2 Å². The lowest BCUT2D eigenvalue weighted by Crippen LogP contribution is -2.60. The second-order valence-electron chi connectivity index (χ2n) is 16.9. The molecule has 7 atom stereocenters. The molecule has 6 N–H and O–H groups in total. The molecule has 0 aromatic carbocycles. The third-order valence-electron chi connectivity index (χ3n) is 11.3. The van der Waals surface area contributed by atoms with Crippen LogP contribution in [0.15, 0.2) is 60.8 Å². The van der Waals surface area contributed by atoms with E-state index >= 15 is 0 Å². The summed E-state index contributed by atoms with van der Waals surface area (Å²) in [5, 5.41) is 54.1. The summed E-state index contributed by atoms with van der Waals surface area (Å²) in [7, 11) is 0. The SMILES string of the molecule is CCCCCCCC/C=C\C/C=C\CCC(=O)NC(COC1OC(CO)C(O)C(O)C1O)C(O)/C=C/CC/C=C/CC/C=C/CCCCCCCCCCCCCCCC. The Balaban J connectivity index is 2.36. The van der Waals surface area contributed by atoms with Gasteiger partial charge in [0.25, 0.3) is 0 Å². The van der Waals surface area contributed by atoms with Crippen LogP contribution in [0.2, 0.25) is 0 Å². The highest BCUT2D eigenvalue weighted by molar-refractivity contribution is 5.76. The van der Waals surface area contributed by atoms with Crippen LogP contribution >= 0.6 is 0 Å². The molecular formula is C51H91NO8. The fourth-order valence-corrected chi connectivity index (χ4v) is 7.35. The van der Waals surface area contributed by atoms with E-state index in [1.807, 2.05) is 12.2 Å². The third kappa shape index (κ3) is 30.8. The molecule has 60 heavy (non-hydrogen) atoms. The van der Waals surface area contributed by atoms with Crippen molar-refractivity contribution in [2.24, 2.45) is 0 Å². The molecule has 9 heteroatoms. The molecule has 1 fully saturated rings. The van der Waals surface area contributed by atoms with Gasteiger partial charge in [-0.15, -0.1) is 0 Å². The number of carbonyl (C=O) groups is 1. The van der Waals surface area contributed by atoms with Crippen molar-refractivity contribution >= 4 is 5.91 Å². The first-order valence-corrected chi connectivity index (χ1v) is 24.5. The fraction of sp³-hybridized carbons (Fsp3) is 0.784. The summed E-state index contributed by atoms with van der Waals surface area (Å²) in [6.45, 7) is 3.70. The molecule has 0 aromatic heterocycles. The number of aliphatic hydroxyl groups is 5. The van der Waals surface area contributed by atoms with Crippen LogP contribution in [0.1, 0.15) is 200 Å². The molecule has 9 nitrogen and oxygen atoms in total. The van der Waals surface area contributed by atoms with E-state index in [4.69, 9.17) is 9.47 Å². The highest BCUT2D eigenvalue weighted by Crippen LogP contribution is 2.22. The first-order chi connectivity index (χ1) is 29.3. The van der Waals surface area contributed by atoms with Gasteiger partial charge in [0.15, 0.2) is 6.29 Å². The molecule has 0 bridgehead atoms. The van der Waals surface area contributed by atoms with E-state index in [-0.39, 0.29) is 18.9 Å². The maximum Gasteiger partial charge on any atom is 0.220 e. The zero-order valence-electron chi connectivity index (χ0n) is 38.2. The largest absolute Gasteiger partial charge is 0.394 e. The normalized spacial score (nSPS) is 21.1. The number of nitrogens with one attached hydrogen (secondary N) is 1. The molecule has 0 aliphatic carbocycles. The first-order valence-electron chi connectivity index (χ1n) is 24.5. The minimum Gasteiger partial charge on any atom is -0.394 e. The van der Waals surface area contributed by atoms with Crippen molar-refractivity contribution in [3.8, 4) is 0 Å². The molecule has 1 saturated heterocycles. The summed E-state index contributed by atoms with van der Waals surface area (Å²) in [5.41, 5.74) is 0. The van der Waals surface area contributed by atoms with Gasteiger partial charge >= 0.3 is 0 Å². The average molecular weight is 846 g/mol. The lowest BCUT2D eigenvalue weighted by atomic mass is 9.99. The zero-order valence-corrected chi connectivity index (χ0v) is 38.2. The molecule has 1 heterocycles. The van der Waals surface area contributed by atoms with Crippen LogP contribution in [0.25, 0.3) is 0 Å². The maximum absolute atomic E-state index is 12.9. The molecule has 0 radical (unpaired) electrons. The molecule has 0 aromatic rings. The van der Waals surface area contributed by atoms with Gasteiger partial charge in [-0.3, -0.25) is 4.79 Å². The summed E-state index contributed by atoms with van der Waals surface area (Å²) < 4.78 is 11.2. The van der Waals surface area contributed by atoms with Crippen LogP contribution in [-0.4, -0.2) is 87.5 Å². The lowest BCUT2D eigenvalue weighted by Gasteiger charge is -2.40. The lowest BCUT2D eigenvalue weighted by molar-refractivity contribution is -0.302. The molecule has 0 spiro atoms. The van der Waals surface area contributed by atoms with E-state index in [0.29, 0.717) is 6.42 Å². The number of amides is 1. The van der Waals surface area contributed by atoms with E-state index in [0.717, 1.165) is 44.9 Å². The second-order valence-corrected chi connectivity index (χ2v) is 16.9. The predicted molar refractivity (Wildman–Crippen MR) is 249 cm³/mol. The highest BCUT2D eigenvalue weighted by atomic mass is 16.7. The minimum absolute atomic E-state index is 0.227. The van der Waals surface area contributed by atoms with Crippen LogP contribution < -0.4 is 5.32 Å². The molecule has 348 valence electrons. The van der Waals surface area contributed by atoms with Crippen LogP contribution in [0.3, 0.4) is 0 Å². The van der Waals surface area contributed by atoms with Gasteiger partial charge in [-0.25, -0.2) is 0 Å². The Bertz CT molecular complexity index is 1120. The van der Waals surface area contributed by atoms with E-state index in [9.17, 15) is 30.3 Å². The van der Waals surface area contributed by atoms with Gasteiger partial charge < -0.3 is 40.3 Å². The minimum atomic E-state index is -1.58. The van der Waals surface area contributed by atoms with Gasteiger partial charge in [-0.2, -0.15) is 0 Å². The second kappa shape index (κ2) is 40.9. The van der Waals surface area contributed by atoms with Gasteiger partial charge in [0.2, 0.25) is 5.91 Å². The topological polar surface area (TPSA) is 149 Å². The Morgan fingerprint density at radius 2 is 1.00 bits per heavy atom. The number of ether oxygens (including phenoxy) is 2. The smallest absolute Gasteiger partial charge is 0.220 e. The monoisotopic (exact) mass is 846 g/mol. The molecule has 7 unspecified atom stereocenters. The molecular weight excluding hydrogens is 755 g/mol. The summed E-state index contributed by atoms with van der Waals surface area (Å²) in [6.07, 6.45) is 47.2. The van der Waals surface area contributed by atoms with E-state index in [1.165, 1.54) is 128 Å². The Hall–Kier alpha value is -2.11. The highest BCUT2D eigenvalue weighted by Gasteiger charge is 2.44. The van der Waals surface area contributed by atoms with Crippen LogP contribution in [0, 0.1) is 0 Å². The number of unbranched alkanes of at least 4 members (excludes halogenated alkanes) is 22. The van der Waals surface area contributed by atoms with Gasteiger partial charge in [-0.1, -0.05) is 190 Å². The molecule has 1 amide bonds. The quantitative estimate of drug-likeness (QED) is 0.0264.